The third kappa shape index (κ3) is 3.30. The van der Waals surface area contributed by atoms with Crippen LogP contribution < -0.4 is 5.32 Å². The maximum atomic E-state index is 12.3. The summed E-state index contributed by atoms with van der Waals surface area (Å²) in [5, 5.41) is 10.9. The molecule has 0 fully saturated rings. The Bertz CT molecular complexity index is 617. The Morgan fingerprint density at radius 3 is 2.90 bits per heavy atom. The van der Waals surface area contributed by atoms with Gasteiger partial charge in [0.25, 0.3) is 5.91 Å². The van der Waals surface area contributed by atoms with Crippen molar-refractivity contribution in [1.82, 2.24) is 24.6 Å². The van der Waals surface area contributed by atoms with Gasteiger partial charge >= 0.3 is 0 Å². The number of methoxy groups -OCH3 is 1. The minimum absolute atomic E-state index is 0.109. The molecule has 1 N–H and O–H groups in total. The van der Waals surface area contributed by atoms with Crippen molar-refractivity contribution >= 4 is 5.91 Å². The number of hydrogen-bond donors (Lipinski definition) is 1. The van der Waals surface area contributed by atoms with E-state index in [1.165, 1.54) is 0 Å². The van der Waals surface area contributed by atoms with Crippen molar-refractivity contribution in [2.24, 2.45) is 7.05 Å². The molecular formula is C14H21N5O2. The third-order valence-electron chi connectivity index (χ3n) is 3.54. The van der Waals surface area contributed by atoms with Gasteiger partial charge < -0.3 is 19.2 Å². The molecule has 0 aromatic carbocycles. The van der Waals surface area contributed by atoms with Crippen LogP contribution in [0.1, 0.15) is 34.8 Å². The Kier molecular flexibility index (Phi) is 4.74. The van der Waals surface area contributed by atoms with E-state index in [-0.39, 0.29) is 11.9 Å². The minimum Gasteiger partial charge on any atom is -0.383 e. The first kappa shape index (κ1) is 15.2. The predicted molar refractivity (Wildman–Crippen MR) is 77.9 cm³/mol. The Morgan fingerprint density at radius 1 is 1.52 bits per heavy atom. The first-order chi connectivity index (χ1) is 10.0. The van der Waals surface area contributed by atoms with Crippen LogP contribution in [0.5, 0.6) is 0 Å². The average Bonchev–Trinajstić information content (AvgIpc) is 3.04. The Labute approximate surface area is 123 Å². The predicted octanol–water partition coefficient (Wildman–Crippen LogP) is 1.06. The Balaban J connectivity index is 2.07. The number of nitrogens with zero attached hydrogens (tertiary/aromatic N) is 4. The molecule has 2 heterocycles. The molecule has 7 nitrogen and oxygen atoms in total. The summed E-state index contributed by atoms with van der Waals surface area (Å²) in [6.45, 7) is 5.04. The fourth-order valence-corrected chi connectivity index (χ4v) is 2.15. The van der Waals surface area contributed by atoms with Gasteiger partial charge in [0.15, 0.2) is 5.82 Å². The van der Waals surface area contributed by atoms with E-state index in [1.807, 2.05) is 42.3 Å². The maximum absolute atomic E-state index is 12.3. The van der Waals surface area contributed by atoms with E-state index in [9.17, 15) is 4.79 Å². The largest absolute Gasteiger partial charge is 0.383 e. The molecule has 1 amide bonds. The molecule has 1 atom stereocenters. The molecule has 7 heteroatoms. The molecule has 0 aliphatic carbocycles. The molecule has 0 bridgehead atoms. The fraction of sp³-hybridized carbons (Fsp3) is 0.500. The zero-order valence-electron chi connectivity index (χ0n) is 12.8. The van der Waals surface area contributed by atoms with E-state index >= 15 is 0 Å². The normalized spacial score (nSPS) is 12.4. The van der Waals surface area contributed by atoms with Gasteiger partial charge in [0.2, 0.25) is 0 Å². The number of ether oxygens (including phenoxy) is 1. The van der Waals surface area contributed by atoms with Gasteiger partial charge in [-0.15, -0.1) is 10.2 Å². The Hall–Kier alpha value is -2.15. The lowest BCUT2D eigenvalue weighted by Crippen LogP contribution is -2.29. The van der Waals surface area contributed by atoms with Crippen LogP contribution in [0.15, 0.2) is 18.6 Å². The van der Waals surface area contributed by atoms with Crippen LogP contribution in [0.4, 0.5) is 0 Å². The molecular weight excluding hydrogens is 270 g/mol. The summed E-state index contributed by atoms with van der Waals surface area (Å²) in [4.78, 5) is 12.3. The second kappa shape index (κ2) is 6.53. The van der Waals surface area contributed by atoms with Gasteiger partial charge in [-0.3, -0.25) is 4.79 Å². The van der Waals surface area contributed by atoms with E-state index in [0.29, 0.717) is 24.5 Å². The highest BCUT2D eigenvalue weighted by molar-refractivity contribution is 5.95. The highest BCUT2D eigenvalue weighted by Gasteiger charge is 2.18. The number of aromatic nitrogens is 4. The van der Waals surface area contributed by atoms with Crippen LogP contribution in [0, 0.1) is 6.92 Å². The fourth-order valence-electron chi connectivity index (χ4n) is 2.15. The topological polar surface area (TPSA) is 74.0 Å². The van der Waals surface area contributed by atoms with Gasteiger partial charge in [0, 0.05) is 32.6 Å². The summed E-state index contributed by atoms with van der Waals surface area (Å²) in [6.07, 6.45) is 3.51. The van der Waals surface area contributed by atoms with Crippen LogP contribution in [0.25, 0.3) is 0 Å². The second-order valence-electron chi connectivity index (χ2n) is 5.00. The van der Waals surface area contributed by atoms with E-state index in [2.05, 4.69) is 15.5 Å². The quantitative estimate of drug-likeness (QED) is 0.863. The summed E-state index contributed by atoms with van der Waals surface area (Å²) in [5.74, 6) is 0.607. The van der Waals surface area contributed by atoms with Gasteiger partial charge in [-0.05, 0) is 19.9 Å². The molecule has 114 valence electrons. The average molecular weight is 291 g/mol. The highest BCUT2D eigenvalue weighted by Crippen LogP contribution is 2.13. The van der Waals surface area contributed by atoms with E-state index in [4.69, 9.17) is 4.74 Å². The zero-order valence-corrected chi connectivity index (χ0v) is 12.8. The lowest BCUT2D eigenvalue weighted by Gasteiger charge is -2.14. The summed E-state index contributed by atoms with van der Waals surface area (Å²) < 4.78 is 8.85. The molecule has 0 aliphatic rings. The van der Waals surface area contributed by atoms with Gasteiger partial charge in [0.1, 0.15) is 6.33 Å². The number of aryl methyl sites for hydroxylation is 1. The molecule has 0 spiro atoms. The van der Waals surface area contributed by atoms with Crippen molar-refractivity contribution in [3.05, 3.63) is 35.7 Å². The summed E-state index contributed by atoms with van der Waals surface area (Å²) in [5.41, 5.74) is 1.60. The van der Waals surface area contributed by atoms with E-state index < -0.39 is 0 Å². The minimum atomic E-state index is -0.225. The van der Waals surface area contributed by atoms with Gasteiger partial charge in [-0.1, -0.05) is 0 Å². The molecule has 0 saturated heterocycles. The molecule has 0 unspecified atom stereocenters. The second-order valence-corrected chi connectivity index (χ2v) is 5.00. The lowest BCUT2D eigenvalue weighted by molar-refractivity contribution is 0.0936. The van der Waals surface area contributed by atoms with E-state index in [1.54, 1.807) is 13.4 Å². The molecule has 0 saturated carbocycles. The Morgan fingerprint density at radius 2 is 2.29 bits per heavy atom. The molecule has 2 aromatic rings. The van der Waals surface area contributed by atoms with Crippen molar-refractivity contribution < 1.29 is 9.53 Å². The van der Waals surface area contributed by atoms with Gasteiger partial charge in [-0.25, -0.2) is 0 Å². The van der Waals surface area contributed by atoms with Crippen LogP contribution in [0.3, 0.4) is 0 Å². The van der Waals surface area contributed by atoms with Crippen molar-refractivity contribution in [2.75, 3.05) is 13.7 Å². The van der Waals surface area contributed by atoms with Crippen molar-refractivity contribution in [3.63, 3.8) is 0 Å². The summed E-state index contributed by atoms with van der Waals surface area (Å²) in [7, 11) is 3.56. The van der Waals surface area contributed by atoms with E-state index in [0.717, 1.165) is 5.69 Å². The number of nitrogens with one attached hydrogen (secondary N) is 1. The van der Waals surface area contributed by atoms with Crippen LogP contribution in [-0.4, -0.2) is 39.0 Å². The molecule has 0 radical (unpaired) electrons. The number of carbonyl (C=O) groups excluding carboxylic acids is 1. The number of amides is 1. The third-order valence-corrected chi connectivity index (χ3v) is 3.54. The number of rotatable bonds is 6. The van der Waals surface area contributed by atoms with Crippen LogP contribution >= 0.6 is 0 Å². The lowest BCUT2D eigenvalue weighted by atomic mass is 10.2. The molecule has 0 aliphatic heterocycles. The van der Waals surface area contributed by atoms with Crippen molar-refractivity contribution in [3.8, 4) is 0 Å². The standard InChI is InChI=1S/C14H21N5O2/c1-10(13-17-15-9-19(13)7-8-21-4)16-14(20)12-5-6-18(3)11(12)2/h5-6,9-10H,7-8H2,1-4H3,(H,16,20)/t10-/m1/s1. The smallest absolute Gasteiger partial charge is 0.253 e. The summed E-state index contributed by atoms with van der Waals surface area (Å²) >= 11 is 0. The van der Waals surface area contributed by atoms with Gasteiger partial charge in [0.05, 0.1) is 18.2 Å². The first-order valence-corrected chi connectivity index (χ1v) is 6.84. The van der Waals surface area contributed by atoms with Crippen molar-refractivity contribution in [1.29, 1.82) is 0 Å². The monoisotopic (exact) mass is 291 g/mol. The number of carbonyl (C=O) groups is 1. The SMILES string of the molecule is COCCn1cnnc1[C@@H](C)NC(=O)c1ccn(C)c1C. The zero-order chi connectivity index (χ0) is 15.4. The first-order valence-electron chi connectivity index (χ1n) is 6.84. The maximum Gasteiger partial charge on any atom is 0.253 e. The van der Waals surface area contributed by atoms with Crippen LogP contribution in [-0.2, 0) is 18.3 Å². The number of hydrogen-bond acceptors (Lipinski definition) is 4. The highest BCUT2D eigenvalue weighted by atomic mass is 16.5. The molecule has 2 aromatic heterocycles. The molecule has 21 heavy (non-hydrogen) atoms. The van der Waals surface area contributed by atoms with Crippen LogP contribution in [0.2, 0.25) is 0 Å². The molecule has 2 rings (SSSR count). The van der Waals surface area contributed by atoms with Crippen molar-refractivity contribution in [2.45, 2.75) is 26.4 Å². The summed E-state index contributed by atoms with van der Waals surface area (Å²) in [6, 6.07) is 1.59. The van der Waals surface area contributed by atoms with Gasteiger partial charge in [-0.2, -0.15) is 0 Å².